The fraction of sp³-hybridized carbons (Fsp3) is 0.567. The highest BCUT2D eigenvalue weighted by atomic mass is 79.9. The molecule has 6 atom stereocenters. The number of nitrogens with zero attached hydrogens (tertiary/aromatic N) is 2. The van der Waals surface area contributed by atoms with Gasteiger partial charge in [-0.2, -0.15) is 0 Å². The number of anilines is 1. The maximum atomic E-state index is 14.7. The Bertz CT molecular complexity index is 1110. The fourth-order valence-electron chi connectivity index (χ4n) is 6.61. The number of unbranched alkanes of at least 4 members (excludes halogenated alkanes) is 2. The summed E-state index contributed by atoms with van der Waals surface area (Å²) in [5.41, 5.74) is 2.77. The van der Waals surface area contributed by atoms with Crippen LogP contribution in [0.3, 0.4) is 0 Å². The first-order valence-corrected chi connectivity index (χ1v) is 15.5. The van der Waals surface area contributed by atoms with Crippen molar-refractivity contribution < 1.29 is 24.2 Å². The highest BCUT2D eigenvalue weighted by Crippen LogP contribution is 2.68. The molecule has 1 spiro atoms. The van der Waals surface area contributed by atoms with Gasteiger partial charge >= 0.3 is 5.97 Å². The molecule has 2 bridgehead atoms. The van der Waals surface area contributed by atoms with Gasteiger partial charge in [0.05, 0.1) is 23.2 Å². The fourth-order valence-corrected chi connectivity index (χ4v) is 10.2. The van der Waals surface area contributed by atoms with Gasteiger partial charge in [0, 0.05) is 35.5 Å². The molecule has 3 fully saturated rings. The molecule has 0 saturated carbocycles. The Morgan fingerprint density at radius 2 is 1.95 bits per heavy atom. The number of hydrogen-bond acceptors (Lipinski definition) is 6. The third-order valence-corrected chi connectivity index (χ3v) is 11.4. The van der Waals surface area contributed by atoms with E-state index in [0.29, 0.717) is 38.8 Å². The van der Waals surface area contributed by atoms with Crippen LogP contribution in [-0.4, -0.2) is 75.0 Å². The smallest absolute Gasteiger partial charge is 0.310 e. The Kier molecular flexibility index (Phi) is 9.65. The van der Waals surface area contributed by atoms with Crippen molar-refractivity contribution in [1.82, 2.24) is 4.90 Å². The maximum Gasteiger partial charge on any atom is 0.310 e. The predicted octanol–water partition coefficient (Wildman–Crippen LogP) is 4.57. The Morgan fingerprint density at radius 3 is 2.59 bits per heavy atom. The molecular weight excluding hydrogens is 580 g/mol. The molecule has 7 nitrogen and oxygen atoms in total. The van der Waals surface area contributed by atoms with E-state index in [4.69, 9.17) is 4.74 Å². The van der Waals surface area contributed by atoms with Crippen LogP contribution < -0.4 is 4.90 Å². The zero-order chi connectivity index (χ0) is 28.3. The van der Waals surface area contributed by atoms with Gasteiger partial charge in [0.15, 0.2) is 0 Å². The van der Waals surface area contributed by atoms with E-state index in [2.05, 4.69) is 29.1 Å². The number of alkyl halides is 1. The lowest BCUT2D eigenvalue weighted by molar-refractivity contribution is -0.154. The number of carbonyl (C=O) groups excluding carboxylic acids is 3. The molecule has 0 radical (unpaired) electrons. The van der Waals surface area contributed by atoms with Gasteiger partial charge in [-0.3, -0.25) is 14.4 Å². The van der Waals surface area contributed by atoms with E-state index in [0.717, 1.165) is 23.2 Å². The van der Waals surface area contributed by atoms with Crippen LogP contribution >= 0.6 is 27.7 Å². The van der Waals surface area contributed by atoms with Crippen molar-refractivity contribution in [3.63, 3.8) is 0 Å². The number of esters is 1. The Hall–Kier alpha value is -2.10. The van der Waals surface area contributed by atoms with Gasteiger partial charge in [0.25, 0.3) is 5.91 Å². The molecule has 1 N–H and O–H groups in total. The van der Waals surface area contributed by atoms with E-state index in [1.807, 2.05) is 32.0 Å². The van der Waals surface area contributed by atoms with E-state index in [1.165, 1.54) is 0 Å². The molecule has 1 aromatic carbocycles. The highest BCUT2D eigenvalue weighted by Gasteiger charge is 2.76. The first-order chi connectivity index (χ1) is 18.7. The summed E-state index contributed by atoms with van der Waals surface area (Å²) in [6.45, 7) is 12.5. The number of hydrogen-bond donors (Lipinski definition) is 1. The van der Waals surface area contributed by atoms with Gasteiger partial charge in [0.1, 0.15) is 6.04 Å². The number of benzene rings is 1. The Labute approximate surface area is 244 Å². The Balaban J connectivity index is 1.74. The van der Waals surface area contributed by atoms with E-state index in [1.54, 1.807) is 33.7 Å². The average molecular weight is 620 g/mol. The molecule has 3 unspecified atom stereocenters. The second kappa shape index (κ2) is 12.6. The minimum Gasteiger partial charge on any atom is -0.465 e. The van der Waals surface area contributed by atoms with Crippen LogP contribution in [0.1, 0.15) is 43.2 Å². The number of rotatable bonds is 13. The largest absolute Gasteiger partial charge is 0.465 e. The molecule has 1 aromatic rings. The summed E-state index contributed by atoms with van der Waals surface area (Å²) in [6, 6.07) is 5.19. The average Bonchev–Trinajstić information content (AvgIpc) is 3.49. The molecule has 3 saturated heterocycles. The van der Waals surface area contributed by atoms with Crippen LogP contribution in [0, 0.1) is 25.7 Å². The number of allylic oxidation sites excluding steroid dienone is 1. The second-order valence-electron chi connectivity index (χ2n) is 10.7. The van der Waals surface area contributed by atoms with Gasteiger partial charge in [-0.25, -0.2) is 0 Å². The first kappa shape index (κ1) is 29.9. The number of ether oxygens (including phenoxy) is 1. The molecule has 4 rings (SSSR count). The second-order valence-corrected chi connectivity index (χ2v) is 13.4. The van der Waals surface area contributed by atoms with Crippen molar-refractivity contribution >= 4 is 51.2 Å². The summed E-state index contributed by atoms with van der Waals surface area (Å²) in [5, 5.41) is 9.27. The van der Waals surface area contributed by atoms with Gasteiger partial charge in [-0.15, -0.1) is 24.9 Å². The topological polar surface area (TPSA) is 87.1 Å². The molecule has 3 aliphatic rings. The number of amides is 2. The summed E-state index contributed by atoms with van der Waals surface area (Å²) in [7, 11) is 0. The molecule has 3 heterocycles. The van der Waals surface area contributed by atoms with Crippen molar-refractivity contribution in [3.05, 3.63) is 54.6 Å². The SMILES string of the molecule is C=CCCCOC(=O)[C@H]1[C@H]2C(=O)N(CCCCO)C(C(=O)N(CC=C)c3c(C)cccc3C)C23CC(Br)[C@@H]1S3. The monoisotopic (exact) mass is 618 g/mol. The number of thioether (sulfide) groups is 1. The molecule has 0 aromatic heterocycles. The van der Waals surface area contributed by atoms with E-state index < -0.39 is 22.6 Å². The van der Waals surface area contributed by atoms with Crippen molar-refractivity contribution in [2.24, 2.45) is 11.8 Å². The summed E-state index contributed by atoms with van der Waals surface area (Å²) in [6.07, 6.45) is 6.64. The van der Waals surface area contributed by atoms with Gasteiger partial charge in [-0.05, 0) is 57.1 Å². The number of halogens is 1. The van der Waals surface area contributed by atoms with Gasteiger partial charge in [0.2, 0.25) is 5.91 Å². The van der Waals surface area contributed by atoms with Gasteiger partial charge < -0.3 is 19.6 Å². The molecule has 212 valence electrons. The van der Waals surface area contributed by atoms with E-state index >= 15 is 0 Å². The number of carbonyl (C=O) groups is 3. The van der Waals surface area contributed by atoms with Crippen LogP contribution in [0.5, 0.6) is 0 Å². The van der Waals surface area contributed by atoms with Crippen molar-refractivity contribution in [2.75, 3.05) is 31.2 Å². The quantitative estimate of drug-likeness (QED) is 0.151. The van der Waals surface area contributed by atoms with Crippen LogP contribution in [-0.2, 0) is 19.1 Å². The highest BCUT2D eigenvalue weighted by molar-refractivity contribution is 9.09. The molecule has 3 aliphatic heterocycles. The van der Waals surface area contributed by atoms with Crippen molar-refractivity contribution in [2.45, 2.75) is 66.8 Å². The molecule has 9 heteroatoms. The van der Waals surface area contributed by atoms with Crippen LogP contribution in [0.4, 0.5) is 5.69 Å². The summed E-state index contributed by atoms with van der Waals surface area (Å²) in [5.74, 6) is -1.91. The number of aliphatic hydroxyl groups is 1. The third-order valence-electron chi connectivity index (χ3n) is 8.19. The lowest BCUT2D eigenvalue weighted by atomic mass is 9.71. The van der Waals surface area contributed by atoms with Crippen LogP contribution in [0.25, 0.3) is 0 Å². The van der Waals surface area contributed by atoms with Crippen LogP contribution in [0.15, 0.2) is 43.5 Å². The lowest BCUT2D eigenvalue weighted by Gasteiger charge is -2.38. The van der Waals surface area contributed by atoms with E-state index in [-0.39, 0.29) is 41.1 Å². The maximum absolute atomic E-state index is 14.7. The number of likely N-dealkylation sites (tertiary alicyclic amines) is 1. The number of fused-ring (bicyclic) bond motifs is 1. The lowest BCUT2D eigenvalue weighted by Crippen LogP contribution is -2.56. The Morgan fingerprint density at radius 1 is 1.23 bits per heavy atom. The molecule has 2 amide bonds. The minimum atomic E-state index is -0.743. The number of aryl methyl sites for hydroxylation is 2. The van der Waals surface area contributed by atoms with Crippen molar-refractivity contribution in [1.29, 1.82) is 0 Å². The number of aliphatic hydroxyl groups excluding tert-OH is 1. The van der Waals surface area contributed by atoms with E-state index in [9.17, 15) is 19.5 Å². The standard InChI is InChI=1S/C30H39BrN2O5S/c1-5-7-10-17-38-29(37)22-23-27(35)33(15-8-9-16-34)26(30(23)18-21(31)25(22)39-30)28(36)32(14-6-2)24-19(3)12-11-13-20(24)4/h5-6,11-13,21-23,25-26,34H,1-2,7-10,14-18H2,3-4H3/t21?,22-,23-,25-,26?,30?/m0/s1. The zero-order valence-electron chi connectivity index (χ0n) is 22.8. The molecule has 39 heavy (non-hydrogen) atoms. The van der Waals surface area contributed by atoms with Gasteiger partial charge in [-0.1, -0.05) is 46.3 Å². The normalized spacial score (nSPS) is 28.9. The molecule has 0 aliphatic carbocycles. The third kappa shape index (κ3) is 5.34. The summed E-state index contributed by atoms with van der Waals surface area (Å²) < 4.78 is 4.92. The summed E-state index contributed by atoms with van der Waals surface area (Å²) in [4.78, 5) is 45.7. The van der Waals surface area contributed by atoms with Crippen molar-refractivity contribution in [3.8, 4) is 0 Å². The number of para-hydroxylation sites is 1. The summed E-state index contributed by atoms with van der Waals surface area (Å²) >= 11 is 5.41. The zero-order valence-corrected chi connectivity index (χ0v) is 25.2. The predicted molar refractivity (Wildman–Crippen MR) is 159 cm³/mol. The molecular formula is C30H39BrN2O5S. The first-order valence-electron chi connectivity index (χ1n) is 13.7. The minimum absolute atomic E-state index is 0.0141. The van der Waals surface area contributed by atoms with Crippen LogP contribution in [0.2, 0.25) is 0 Å².